The van der Waals surface area contributed by atoms with Gasteiger partial charge in [-0.2, -0.15) is 0 Å². The Bertz CT molecular complexity index is 653. The van der Waals surface area contributed by atoms with Gasteiger partial charge < -0.3 is 15.4 Å². The summed E-state index contributed by atoms with van der Waals surface area (Å²) in [6.07, 6.45) is 1.68. The monoisotopic (exact) mass is 305 g/mol. The molecule has 0 bridgehead atoms. The standard InChI is InChI=1S/C14H12FN3O2S/c15-10-3-1-9(2-4-10)6-20-14(19)12-7-21-13-11(18-12)5-16-8-17-13/h1-5,7,17-18H,6,8H2. The summed E-state index contributed by atoms with van der Waals surface area (Å²) < 4.78 is 18.0. The van der Waals surface area contributed by atoms with Crippen molar-refractivity contribution >= 4 is 23.9 Å². The average molecular weight is 305 g/mol. The van der Waals surface area contributed by atoms with E-state index in [2.05, 4.69) is 15.6 Å². The van der Waals surface area contributed by atoms with Gasteiger partial charge >= 0.3 is 5.97 Å². The molecule has 0 atom stereocenters. The van der Waals surface area contributed by atoms with Gasteiger partial charge in [0.2, 0.25) is 0 Å². The van der Waals surface area contributed by atoms with Crippen LogP contribution >= 0.6 is 11.8 Å². The molecule has 0 radical (unpaired) electrons. The molecule has 21 heavy (non-hydrogen) atoms. The first-order valence-electron chi connectivity index (χ1n) is 6.26. The Morgan fingerprint density at radius 1 is 1.38 bits per heavy atom. The van der Waals surface area contributed by atoms with Gasteiger partial charge in [0.15, 0.2) is 0 Å². The molecule has 2 heterocycles. The van der Waals surface area contributed by atoms with E-state index in [0.29, 0.717) is 12.4 Å². The quantitative estimate of drug-likeness (QED) is 0.835. The van der Waals surface area contributed by atoms with E-state index in [1.807, 2.05) is 0 Å². The number of ether oxygens (including phenoxy) is 1. The van der Waals surface area contributed by atoms with Crippen molar-refractivity contribution in [1.82, 2.24) is 10.6 Å². The normalized spacial score (nSPS) is 16.5. The van der Waals surface area contributed by atoms with Crippen molar-refractivity contribution in [3.8, 4) is 0 Å². The van der Waals surface area contributed by atoms with Gasteiger partial charge in [0.05, 0.1) is 10.7 Å². The maximum absolute atomic E-state index is 12.8. The first-order valence-corrected chi connectivity index (χ1v) is 7.14. The number of benzene rings is 1. The highest BCUT2D eigenvalue weighted by Crippen LogP contribution is 2.25. The van der Waals surface area contributed by atoms with Crippen LogP contribution in [0.5, 0.6) is 0 Å². The fraction of sp³-hybridized carbons (Fsp3) is 0.143. The van der Waals surface area contributed by atoms with Crippen molar-refractivity contribution in [3.63, 3.8) is 0 Å². The lowest BCUT2D eigenvalue weighted by Gasteiger charge is -2.22. The summed E-state index contributed by atoms with van der Waals surface area (Å²) in [6.45, 7) is 0.632. The topological polar surface area (TPSA) is 62.7 Å². The van der Waals surface area contributed by atoms with Crippen LogP contribution < -0.4 is 10.6 Å². The average Bonchev–Trinajstić information content (AvgIpc) is 2.53. The van der Waals surface area contributed by atoms with Crippen LogP contribution in [-0.4, -0.2) is 18.9 Å². The largest absolute Gasteiger partial charge is 0.456 e. The molecule has 7 heteroatoms. The highest BCUT2D eigenvalue weighted by Gasteiger charge is 2.20. The molecule has 5 nitrogen and oxygen atoms in total. The molecule has 0 unspecified atom stereocenters. The summed E-state index contributed by atoms with van der Waals surface area (Å²) in [7, 11) is 0. The number of aliphatic imine (C=N–C) groups is 1. The van der Waals surface area contributed by atoms with Gasteiger partial charge in [0.25, 0.3) is 0 Å². The molecule has 0 spiro atoms. The van der Waals surface area contributed by atoms with Gasteiger partial charge in [0.1, 0.15) is 24.8 Å². The number of carbonyl (C=O) groups is 1. The van der Waals surface area contributed by atoms with Crippen LogP contribution in [0, 0.1) is 5.82 Å². The number of nitrogens with one attached hydrogen (secondary N) is 2. The minimum atomic E-state index is -0.461. The zero-order valence-corrected chi connectivity index (χ0v) is 11.7. The van der Waals surface area contributed by atoms with Crippen molar-refractivity contribution in [2.45, 2.75) is 6.61 Å². The van der Waals surface area contributed by atoms with E-state index in [-0.39, 0.29) is 12.4 Å². The van der Waals surface area contributed by atoms with Crippen LogP contribution in [0.2, 0.25) is 0 Å². The second-order valence-corrected chi connectivity index (χ2v) is 5.25. The molecule has 0 saturated carbocycles. The number of thioether (sulfide) groups is 1. The van der Waals surface area contributed by atoms with E-state index in [4.69, 9.17) is 4.74 Å². The van der Waals surface area contributed by atoms with Crippen LogP contribution in [0.25, 0.3) is 0 Å². The predicted molar refractivity (Wildman–Crippen MR) is 78.5 cm³/mol. The molecule has 2 aliphatic heterocycles. The van der Waals surface area contributed by atoms with Crippen molar-refractivity contribution in [2.24, 2.45) is 4.99 Å². The Morgan fingerprint density at radius 2 is 2.19 bits per heavy atom. The molecule has 2 N–H and O–H groups in total. The molecule has 0 aromatic heterocycles. The molecule has 0 amide bonds. The third kappa shape index (κ3) is 3.25. The smallest absolute Gasteiger partial charge is 0.355 e. The number of nitrogens with zero attached hydrogens (tertiary/aromatic N) is 1. The maximum Gasteiger partial charge on any atom is 0.355 e. The first-order chi connectivity index (χ1) is 10.2. The van der Waals surface area contributed by atoms with E-state index >= 15 is 0 Å². The second-order valence-electron chi connectivity index (χ2n) is 4.37. The van der Waals surface area contributed by atoms with Gasteiger partial charge in [-0.25, -0.2) is 9.18 Å². The zero-order chi connectivity index (χ0) is 14.7. The fourth-order valence-corrected chi connectivity index (χ4v) is 2.57. The molecule has 2 aliphatic rings. The molecular formula is C14H12FN3O2S. The summed E-state index contributed by atoms with van der Waals surface area (Å²) in [6, 6.07) is 5.83. The molecule has 0 saturated heterocycles. The Morgan fingerprint density at radius 3 is 3.00 bits per heavy atom. The van der Waals surface area contributed by atoms with Crippen molar-refractivity contribution in [1.29, 1.82) is 0 Å². The number of esters is 1. The second kappa shape index (κ2) is 6.01. The summed E-state index contributed by atoms with van der Waals surface area (Å²) in [5.74, 6) is -0.779. The van der Waals surface area contributed by atoms with Crippen LogP contribution in [0.1, 0.15) is 5.56 Å². The zero-order valence-electron chi connectivity index (χ0n) is 10.9. The minimum Gasteiger partial charge on any atom is -0.456 e. The van der Waals surface area contributed by atoms with Crippen molar-refractivity contribution in [3.05, 3.63) is 57.5 Å². The van der Waals surface area contributed by atoms with Crippen molar-refractivity contribution < 1.29 is 13.9 Å². The number of carbonyl (C=O) groups excluding carboxylic acids is 1. The Hall–Kier alpha value is -2.28. The van der Waals surface area contributed by atoms with E-state index in [1.165, 1.54) is 23.9 Å². The van der Waals surface area contributed by atoms with Crippen LogP contribution in [0.4, 0.5) is 4.39 Å². The molecular weight excluding hydrogens is 293 g/mol. The first kappa shape index (κ1) is 13.7. The number of rotatable bonds is 3. The molecule has 108 valence electrons. The Labute approximate surface area is 125 Å². The van der Waals surface area contributed by atoms with Crippen LogP contribution in [0.3, 0.4) is 0 Å². The summed E-state index contributed by atoms with van der Waals surface area (Å²) >= 11 is 1.41. The van der Waals surface area contributed by atoms with Gasteiger partial charge in [-0.1, -0.05) is 23.9 Å². The molecule has 1 aromatic rings. The number of allylic oxidation sites excluding steroid dienone is 1. The molecule has 1 aromatic carbocycles. The summed E-state index contributed by atoms with van der Waals surface area (Å²) in [5, 5.41) is 8.69. The lowest BCUT2D eigenvalue weighted by Crippen LogP contribution is -2.31. The summed E-state index contributed by atoms with van der Waals surface area (Å²) in [5.41, 5.74) is 1.84. The predicted octanol–water partition coefficient (Wildman–Crippen LogP) is 1.85. The van der Waals surface area contributed by atoms with E-state index in [1.54, 1.807) is 23.8 Å². The van der Waals surface area contributed by atoms with Crippen LogP contribution in [-0.2, 0) is 16.1 Å². The number of halogens is 1. The van der Waals surface area contributed by atoms with E-state index in [0.717, 1.165) is 16.3 Å². The van der Waals surface area contributed by atoms with Gasteiger partial charge in [0, 0.05) is 11.6 Å². The third-order valence-electron chi connectivity index (χ3n) is 2.86. The van der Waals surface area contributed by atoms with Crippen LogP contribution in [0.15, 0.2) is 51.1 Å². The van der Waals surface area contributed by atoms with Gasteiger partial charge in [-0.05, 0) is 17.7 Å². The molecule has 0 aliphatic carbocycles. The maximum atomic E-state index is 12.8. The summed E-state index contributed by atoms with van der Waals surface area (Å²) in [4.78, 5) is 16.1. The SMILES string of the molecule is O=C(OCc1ccc(F)cc1)C1=CSC2=C(C=NCN2)N1. The number of hydrogen-bond donors (Lipinski definition) is 2. The minimum absolute atomic E-state index is 0.0983. The van der Waals surface area contributed by atoms with Gasteiger partial charge in [-0.15, -0.1) is 0 Å². The number of hydrogen-bond acceptors (Lipinski definition) is 6. The highest BCUT2D eigenvalue weighted by molar-refractivity contribution is 8.05. The van der Waals surface area contributed by atoms with Gasteiger partial charge in [-0.3, -0.25) is 4.99 Å². The lowest BCUT2D eigenvalue weighted by atomic mass is 10.2. The van der Waals surface area contributed by atoms with Crippen molar-refractivity contribution in [2.75, 3.05) is 6.67 Å². The Balaban J connectivity index is 1.58. The fourth-order valence-electron chi connectivity index (χ4n) is 1.80. The molecule has 3 rings (SSSR count). The molecule has 0 fully saturated rings. The highest BCUT2D eigenvalue weighted by atomic mass is 32.2. The van der Waals surface area contributed by atoms with E-state index in [9.17, 15) is 9.18 Å². The van der Waals surface area contributed by atoms with E-state index < -0.39 is 5.97 Å². The Kier molecular flexibility index (Phi) is 3.92. The lowest BCUT2D eigenvalue weighted by molar-refractivity contribution is -0.140. The third-order valence-corrected chi connectivity index (χ3v) is 3.82.